The van der Waals surface area contributed by atoms with Gasteiger partial charge in [0.1, 0.15) is 0 Å². The molecule has 1 N–H and O–H groups in total. The SMILES string of the molecule is CN(C)c1cccc(-c2ccc(NC=O)cc2)c1. The number of nitrogens with one attached hydrogen (secondary N) is 1. The summed E-state index contributed by atoms with van der Waals surface area (Å²) in [7, 11) is 4.05. The standard InChI is InChI=1S/C15H16N2O/c1-17(2)15-5-3-4-13(10-15)12-6-8-14(9-7-12)16-11-18/h3-11H,1-2H3,(H,16,18). The van der Waals surface area contributed by atoms with E-state index >= 15 is 0 Å². The van der Waals surface area contributed by atoms with E-state index in [9.17, 15) is 4.79 Å². The lowest BCUT2D eigenvalue weighted by Crippen LogP contribution is -2.08. The Balaban J connectivity index is 2.30. The first-order valence-electron chi connectivity index (χ1n) is 5.79. The summed E-state index contributed by atoms with van der Waals surface area (Å²) in [4.78, 5) is 12.4. The molecule has 3 nitrogen and oxygen atoms in total. The highest BCUT2D eigenvalue weighted by Gasteiger charge is 2.00. The lowest BCUT2D eigenvalue weighted by atomic mass is 10.0. The monoisotopic (exact) mass is 240 g/mol. The molecule has 18 heavy (non-hydrogen) atoms. The highest BCUT2D eigenvalue weighted by atomic mass is 16.1. The molecule has 0 aliphatic rings. The summed E-state index contributed by atoms with van der Waals surface area (Å²) in [5.74, 6) is 0. The van der Waals surface area contributed by atoms with Crippen LogP contribution in [0.2, 0.25) is 0 Å². The average Bonchev–Trinajstić information content (AvgIpc) is 2.40. The predicted molar refractivity (Wildman–Crippen MR) is 75.9 cm³/mol. The molecule has 1 amide bonds. The lowest BCUT2D eigenvalue weighted by molar-refractivity contribution is -0.105. The van der Waals surface area contributed by atoms with Gasteiger partial charge in [0.25, 0.3) is 0 Å². The maximum atomic E-state index is 10.3. The molecule has 2 rings (SSSR count). The molecular weight excluding hydrogens is 224 g/mol. The Morgan fingerprint density at radius 2 is 1.72 bits per heavy atom. The second-order valence-corrected chi connectivity index (χ2v) is 4.28. The summed E-state index contributed by atoms with van der Waals surface area (Å²) < 4.78 is 0. The molecule has 2 aromatic rings. The number of nitrogens with zero attached hydrogens (tertiary/aromatic N) is 1. The fourth-order valence-electron chi connectivity index (χ4n) is 1.79. The van der Waals surface area contributed by atoms with E-state index in [4.69, 9.17) is 0 Å². The summed E-state index contributed by atoms with van der Waals surface area (Å²) in [6.45, 7) is 0. The molecule has 0 atom stereocenters. The molecule has 0 unspecified atom stereocenters. The Morgan fingerprint density at radius 1 is 1.00 bits per heavy atom. The van der Waals surface area contributed by atoms with Crippen LogP contribution in [0, 0.1) is 0 Å². The van der Waals surface area contributed by atoms with Gasteiger partial charge < -0.3 is 10.2 Å². The van der Waals surface area contributed by atoms with Crippen molar-refractivity contribution in [3.63, 3.8) is 0 Å². The molecule has 0 heterocycles. The zero-order valence-corrected chi connectivity index (χ0v) is 10.6. The lowest BCUT2D eigenvalue weighted by Gasteiger charge is -2.13. The molecule has 0 aromatic heterocycles. The average molecular weight is 240 g/mol. The van der Waals surface area contributed by atoms with Crippen LogP contribution in [0.5, 0.6) is 0 Å². The summed E-state index contributed by atoms with van der Waals surface area (Å²) in [6, 6.07) is 16.1. The minimum Gasteiger partial charge on any atom is -0.378 e. The van der Waals surface area contributed by atoms with Gasteiger partial charge in [-0.1, -0.05) is 24.3 Å². The van der Waals surface area contributed by atoms with E-state index in [0.29, 0.717) is 6.41 Å². The van der Waals surface area contributed by atoms with Crippen LogP contribution in [0.3, 0.4) is 0 Å². The van der Waals surface area contributed by atoms with Crippen molar-refractivity contribution < 1.29 is 4.79 Å². The van der Waals surface area contributed by atoms with Crippen LogP contribution in [0.1, 0.15) is 0 Å². The Kier molecular flexibility index (Phi) is 3.63. The molecular formula is C15H16N2O. The van der Waals surface area contributed by atoms with Gasteiger partial charge in [0.05, 0.1) is 0 Å². The third kappa shape index (κ3) is 2.69. The Labute approximate surface area is 107 Å². The van der Waals surface area contributed by atoms with Crippen molar-refractivity contribution in [3.05, 3.63) is 48.5 Å². The minimum absolute atomic E-state index is 0.682. The molecule has 0 bridgehead atoms. The molecule has 0 fully saturated rings. The summed E-state index contributed by atoms with van der Waals surface area (Å²) in [6.07, 6.45) is 0.682. The van der Waals surface area contributed by atoms with E-state index in [1.165, 1.54) is 11.3 Å². The molecule has 0 saturated carbocycles. The maximum absolute atomic E-state index is 10.3. The number of hydrogen-bond acceptors (Lipinski definition) is 2. The number of rotatable bonds is 4. The molecule has 92 valence electrons. The first kappa shape index (κ1) is 12.2. The fraction of sp³-hybridized carbons (Fsp3) is 0.133. The van der Waals surface area contributed by atoms with Gasteiger partial charge in [0.15, 0.2) is 0 Å². The van der Waals surface area contributed by atoms with Gasteiger partial charge in [-0.25, -0.2) is 0 Å². The molecule has 0 saturated heterocycles. The topological polar surface area (TPSA) is 32.3 Å². The molecule has 0 radical (unpaired) electrons. The summed E-state index contributed by atoms with van der Waals surface area (Å²) >= 11 is 0. The van der Waals surface area contributed by atoms with Gasteiger partial charge in [0, 0.05) is 25.5 Å². The first-order valence-corrected chi connectivity index (χ1v) is 5.79. The zero-order chi connectivity index (χ0) is 13.0. The van der Waals surface area contributed by atoms with Gasteiger partial charge >= 0.3 is 0 Å². The molecule has 2 aromatic carbocycles. The van der Waals surface area contributed by atoms with Crippen molar-refractivity contribution in [1.29, 1.82) is 0 Å². The Morgan fingerprint density at radius 3 is 2.33 bits per heavy atom. The summed E-state index contributed by atoms with van der Waals surface area (Å²) in [5.41, 5.74) is 4.27. The van der Waals surface area contributed by atoms with Gasteiger partial charge in [0.2, 0.25) is 6.41 Å². The van der Waals surface area contributed by atoms with Gasteiger partial charge in [-0.05, 0) is 35.4 Å². The second-order valence-electron chi connectivity index (χ2n) is 4.28. The highest BCUT2D eigenvalue weighted by Crippen LogP contribution is 2.24. The number of anilines is 2. The third-order valence-electron chi connectivity index (χ3n) is 2.81. The fourth-order valence-corrected chi connectivity index (χ4v) is 1.79. The van der Waals surface area contributed by atoms with Crippen molar-refractivity contribution in [2.75, 3.05) is 24.3 Å². The van der Waals surface area contributed by atoms with Crippen molar-refractivity contribution in [2.45, 2.75) is 0 Å². The van der Waals surface area contributed by atoms with Crippen LogP contribution in [0.4, 0.5) is 11.4 Å². The van der Waals surface area contributed by atoms with Gasteiger partial charge in [-0.15, -0.1) is 0 Å². The van der Waals surface area contributed by atoms with Crippen molar-refractivity contribution in [3.8, 4) is 11.1 Å². The number of benzene rings is 2. The highest BCUT2D eigenvalue weighted by molar-refractivity contribution is 5.74. The van der Waals surface area contributed by atoms with E-state index < -0.39 is 0 Å². The van der Waals surface area contributed by atoms with Crippen molar-refractivity contribution in [2.24, 2.45) is 0 Å². The molecule has 0 aliphatic heterocycles. The number of amides is 1. The van der Waals surface area contributed by atoms with Crippen LogP contribution in [-0.2, 0) is 4.79 Å². The largest absolute Gasteiger partial charge is 0.378 e. The van der Waals surface area contributed by atoms with Crippen LogP contribution < -0.4 is 10.2 Å². The normalized spacial score (nSPS) is 9.89. The maximum Gasteiger partial charge on any atom is 0.211 e. The van der Waals surface area contributed by atoms with Gasteiger partial charge in [-0.2, -0.15) is 0 Å². The van der Waals surface area contributed by atoms with E-state index in [2.05, 4.69) is 28.4 Å². The van der Waals surface area contributed by atoms with Crippen LogP contribution in [0.25, 0.3) is 11.1 Å². The predicted octanol–water partition coefficient (Wildman–Crippen LogP) is 2.99. The number of carbonyl (C=O) groups excluding carboxylic acids is 1. The summed E-state index contributed by atoms with van der Waals surface area (Å²) in [5, 5.41) is 2.63. The molecule has 0 spiro atoms. The number of carbonyl (C=O) groups is 1. The van der Waals surface area contributed by atoms with Gasteiger partial charge in [-0.3, -0.25) is 4.79 Å². The quantitative estimate of drug-likeness (QED) is 0.833. The Hall–Kier alpha value is -2.29. The van der Waals surface area contributed by atoms with Crippen LogP contribution in [-0.4, -0.2) is 20.5 Å². The zero-order valence-electron chi connectivity index (χ0n) is 10.6. The van der Waals surface area contributed by atoms with Crippen molar-refractivity contribution >= 4 is 17.8 Å². The van der Waals surface area contributed by atoms with Crippen molar-refractivity contribution in [1.82, 2.24) is 0 Å². The second kappa shape index (κ2) is 5.36. The first-order chi connectivity index (χ1) is 8.70. The molecule has 0 aliphatic carbocycles. The minimum atomic E-state index is 0.682. The smallest absolute Gasteiger partial charge is 0.211 e. The number of hydrogen-bond donors (Lipinski definition) is 1. The van der Waals surface area contributed by atoms with E-state index in [0.717, 1.165) is 11.3 Å². The van der Waals surface area contributed by atoms with E-state index in [1.54, 1.807) is 0 Å². The Bertz CT molecular complexity index is 532. The van der Waals surface area contributed by atoms with Crippen LogP contribution >= 0.6 is 0 Å². The van der Waals surface area contributed by atoms with E-state index in [-0.39, 0.29) is 0 Å². The molecule has 3 heteroatoms. The van der Waals surface area contributed by atoms with Crippen LogP contribution in [0.15, 0.2) is 48.5 Å². The van der Waals surface area contributed by atoms with E-state index in [1.807, 2.05) is 44.4 Å². The third-order valence-corrected chi connectivity index (χ3v) is 2.81.